The van der Waals surface area contributed by atoms with Gasteiger partial charge in [0.2, 0.25) is 0 Å². The lowest BCUT2D eigenvalue weighted by Crippen LogP contribution is -2.31. The van der Waals surface area contributed by atoms with Crippen LogP contribution in [0.3, 0.4) is 0 Å². The van der Waals surface area contributed by atoms with Crippen molar-refractivity contribution in [2.45, 2.75) is 12.5 Å². The van der Waals surface area contributed by atoms with E-state index in [-0.39, 0.29) is 12.2 Å². The van der Waals surface area contributed by atoms with Crippen molar-refractivity contribution in [1.82, 2.24) is 0 Å². The predicted octanol–water partition coefficient (Wildman–Crippen LogP) is 3.62. The molecule has 2 N–H and O–H groups in total. The molecule has 1 unspecified atom stereocenters. The van der Waals surface area contributed by atoms with E-state index in [0.29, 0.717) is 16.3 Å². The van der Waals surface area contributed by atoms with Crippen molar-refractivity contribution in [3.8, 4) is 0 Å². The first-order valence-corrected chi connectivity index (χ1v) is 6.87. The number of carbonyl (C=O) groups excluding carboxylic acids is 1. The van der Waals surface area contributed by atoms with Gasteiger partial charge in [0.15, 0.2) is 5.78 Å². The van der Waals surface area contributed by atoms with Crippen LogP contribution in [0.25, 0.3) is 0 Å². The summed E-state index contributed by atoms with van der Waals surface area (Å²) < 4.78 is 12.8. The van der Waals surface area contributed by atoms with Gasteiger partial charge in [0.1, 0.15) is 11.9 Å². The summed E-state index contributed by atoms with van der Waals surface area (Å²) in [6.45, 7) is 0. The summed E-state index contributed by atoms with van der Waals surface area (Å²) in [7, 11) is 0. The third kappa shape index (κ3) is 4.30. The number of nitrogens with one attached hydrogen (secondary N) is 1. The average molecular weight is 322 g/mol. The van der Waals surface area contributed by atoms with Gasteiger partial charge in [0.05, 0.1) is 0 Å². The molecule has 0 saturated carbocycles. The van der Waals surface area contributed by atoms with Gasteiger partial charge in [0, 0.05) is 22.7 Å². The Hall–Kier alpha value is -2.40. The van der Waals surface area contributed by atoms with Crippen LogP contribution in [0.4, 0.5) is 10.1 Å². The van der Waals surface area contributed by atoms with E-state index in [0.717, 1.165) is 0 Å². The Morgan fingerprint density at radius 3 is 2.23 bits per heavy atom. The number of carboxylic acids is 1. The summed E-state index contributed by atoms with van der Waals surface area (Å²) in [6, 6.07) is 10.4. The van der Waals surface area contributed by atoms with Crippen molar-refractivity contribution in [3.63, 3.8) is 0 Å². The molecule has 0 spiro atoms. The van der Waals surface area contributed by atoms with Gasteiger partial charge in [-0.3, -0.25) is 4.79 Å². The molecule has 1 atom stereocenters. The summed E-state index contributed by atoms with van der Waals surface area (Å²) in [6.07, 6.45) is -0.228. The minimum atomic E-state index is -1.16. The second-order valence-corrected chi connectivity index (χ2v) is 5.11. The van der Waals surface area contributed by atoms with Gasteiger partial charge in [-0.25, -0.2) is 9.18 Å². The van der Waals surface area contributed by atoms with E-state index in [4.69, 9.17) is 11.6 Å². The quantitative estimate of drug-likeness (QED) is 0.798. The van der Waals surface area contributed by atoms with Crippen LogP contribution in [0.5, 0.6) is 0 Å². The van der Waals surface area contributed by atoms with Crippen LogP contribution in [0, 0.1) is 5.82 Å². The van der Waals surface area contributed by atoms with Gasteiger partial charge < -0.3 is 10.4 Å². The zero-order valence-corrected chi connectivity index (χ0v) is 12.2. The number of ketones is 1. The third-order valence-electron chi connectivity index (χ3n) is 3.04. The Bertz CT molecular complexity index is 671. The Morgan fingerprint density at radius 1 is 1.09 bits per heavy atom. The van der Waals surface area contributed by atoms with Gasteiger partial charge in [0.25, 0.3) is 0 Å². The molecule has 0 aliphatic carbocycles. The molecule has 0 bridgehead atoms. The average Bonchev–Trinajstić information content (AvgIpc) is 2.49. The van der Waals surface area contributed by atoms with Crippen LogP contribution in [0.2, 0.25) is 5.02 Å². The normalized spacial score (nSPS) is 11.7. The standard InChI is InChI=1S/C16H13ClFNO3/c17-11-3-1-10(2-4-11)15(20)9-14(16(21)22)19-13-7-5-12(18)6-8-13/h1-8,14,19H,9H2,(H,21,22). The van der Waals surface area contributed by atoms with Gasteiger partial charge in [-0.15, -0.1) is 0 Å². The molecule has 2 aromatic carbocycles. The van der Waals surface area contributed by atoms with Crippen molar-refractivity contribution in [3.05, 3.63) is 64.9 Å². The lowest BCUT2D eigenvalue weighted by Gasteiger charge is -2.15. The molecule has 0 radical (unpaired) electrons. The van der Waals surface area contributed by atoms with E-state index < -0.39 is 17.8 Å². The van der Waals surface area contributed by atoms with Crippen LogP contribution in [0.1, 0.15) is 16.8 Å². The Kier molecular flexibility index (Phi) is 5.12. The van der Waals surface area contributed by atoms with E-state index in [2.05, 4.69) is 5.32 Å². The number of carbonyl (C=O) groups is 2. The number of aliphatic carboxylic acids is 1. The topological polar surface area (TPSA) is 66.4 Å². The molecule has 6 heteroatoms. The first kappa shape index (κ1) is 16.0. The van der Waals surface area contributed by atoms with Gasteiger partial charge in [-0.2, -0.15) is 0 Å². The number of benzene rings is 2. The second-order valence-electron chi connectivity index (χ2n) is 4.68. The highest BCUT2D eigenvalue weighted by Gasteiger charge is 2.22. The zero-order valence-electron chi connectivity index (χ0n) is 11.4. The van der Waals surface area contributed by atoms with Crippen LogP contribution in [0.15, 0.2) is 48.5 Å². The maximum Gasteiger partial charge on any atom is 0.326 e. The number of halogens is 2. The van der Waals surface area contributed by atoms with Crippen molar-refractivity contribution in [1.29, 1.82) is 0 Å². The monoisotopic (exact) mass is 321 g/mol. The molecule has 0 heterocycles. The summed E-state index contributed by atoms with van der Waals surface area (Å²) in [5.74, 6) is -1.90. The van der Waals surface area contributed by atoms with Crippen molar-refractivity contribution in [2.75, 3.05) is 5.32 Å². The van der Waals surface area contributed by atoms with Crippen LogP contribution in [-0.2, 0) is 4.79 Å². The SMILES string of the molecule is O=C(CC(Nc1ccc(F)cc1)C(=O)O)c1ccc(Cl)cc1. The third-order valence-corrected chi connectivity index (χ3v) is 3.29. The molecule has 0 amide bonds. The Balaban J connectivity index is 2.08. The van der Waals surface area contributed by atoms with Crippen molar-refractivity contribution < 1.29 is 19.1 Å². The van der Waals surface area contributed by atoms with E-state index in [1.165, 1.54) is 24.3 Å². The first-order chi connectivity index (χ1) is 10.5. The van der Waals surface area contributed by atoms with Crippen LogP contribution < -0.4 is 5.32 Å². The summed E-state index contributed by atoms with van der Waals surface area (Å²) >= 11 is 5.74. The number of hydrogen-bond acceptors (Lipinski definition) is 3. The first-order valence-electron chi connectivity index (χ1n) is 6.49. The van der Waals surface area contributed by atoms with Crippen LogP contribution in [-0.4, -0.2) is 22.9 Å². The largest absolute Gasteiger partial charge is 0.480 e. The Morgan fingerprint density at radius 2 is 1.68 bits per heavy atom. The molecular weight excluding hydrogens is 309 g/mol. The molecule has 2 aromatic rings. The smallest absolute Gasteiger partial charge is 0.326 e. The highest BCUT2D eigenvalue weighted by Crippen LogP contribution is 2.15. The molecule has 0 aliphatic heterocycles. The highest BCUT2D eigenvalue weighted by atomic mass is 35.5. The summed E-state index contributed by atoms with van der Waals surface area (Å²) in [5.41, 5.74) is 0.814. The number of anilines is 1. The van der Waals surface area contributed by atoms with E-state index in [1.54, 1.807) is 24.3 Å². The molecule has 2 rings (SSSR count). The molecule has 0 saturated heterocycles. The summed E-state index contributed by atoms with van der Waals surface area (Å²) in [4.78, 5) is 23.4. The molecule has 22 heavy (non-hydrogen) atoms. The van der Waals surface area contributed by atoms with Gasteiger partial charge in [-0.05, 0) is 48.5 Å². The van der Waals surface area contributed by atoms with Crippen molar-refractivity contribution >= 4 is 29.0 Å². The Labute approximate surface area is 131 Å². The highest BCUT2D eigenvalue weighted by molar-refractivity contribution is 6.30. The molecular formula is C16H13ClFNO3. The number of Topliss-reactive ketones (excluding diaryl/α,β-unsaturated/α-hetero) is 1. The molecule has 114 valence electrons. The fraction of sp³-hybridized carbons (Fsp3) is 0.125. The molecule has 0 fully saturated rings. The van der Waals surface area contributed by atoms with E-state index in [1.807, 2.05) is 0 Å². The van der Waals surface area contributed by atoms with Gasteiger partial charge in [-0.1, -0.05) is 11.6 Å². The lowest BCUT2D eigenvalue weighted by molar-refractivity contribution is -0.137. The maximum absolute atomic E-state index is 12.8. The maximum atomic E-state index is 12.8. The second kappa shape index (κ2) is 7.04. The van der Waals surface area contributed by atoms with E-state index in [9.17, 15) is 19.1 Å². The molecule has 4 nitrogen and oxygen atoms in total. The zero-order chi connectivity index (χ0) is 16.1. The number of rotatable bonds is 6. The van der Waals surface area contributed by atoms with Crippen LogP contribution >= 0.6 is 11.6 Å². The molecule has 0 aliphatic rings. The van der Waals surface area contributed by atoms with Crippen molar-refractivity contribution in [2.24, 2.45) is 0 Å². The summed E-state index contributed by atoms with van der Waals surface area (Å²) in [5, 5.41) is 12.4. The number of hydrogen-bond donors (Lipinski definition) is 2. The molecule has 0 aromatic heterocycles. The van der Waals surface area contributed by atoms with Gasteiger partial charge >= 0.3 is 5.97 Å². The van der Waals surface area contributed by atoms with E-state index >= 15 is 0 Å². The minimum Gasteiger partial charge on any atom is -0.480 e. The predicted molar refractivity (Wildman–Crippen MR) is 81.8 cm³/mol. The minimum absolute atomic E-state index is 0.228. The fourth-order valence-corrected chi connectivity index (χ4v) is 2.01. The number of carboxylic acid groups (broad SMARTS) is 1. The lowest BCUT2D eigenvalue weighted by atomic mass is 10.0. The fourth-order valence-electron chi connectivity index (χ4n) is 1.89.